The first-order valence-electron chi connectivity index (χ1n) is 9.91. The number of hydrogen-bond donors (Lipinski definition) is 3. The molecule has 0 bridgehead atoms. The number of aryl methyl sites for hydroxylation is 2. The minimum atomic E-state index is -3.56. The Morgan fingerprint density at radius 3 is 2.73 bits per heavy atom. The van der Waals surface area contributed by atoms with E-state index >= 15 is 0 Å². The molecule has 0 aliphatic carbocycles. The van der Waals surface area contributed by atoms with Gasteiger partial charge in [0.1, 0.15) is 4.21 Å². The van der Waals surface area contributed by atoms with Crippen LogP contribution in [-0.4, -0.2) is 60.6 Å². The van der Waals surface area contributed by atoms with Gasteiger partial charge in [-0.25, -0.2) is 13.1 Å². The Morgan fingerprint density at radius 2 is 2.10 bits per heavy atom. The van der Waals surface area contributed by atoms with E-state index in [0.29, 0.717) is 31.5 Å². The van der Waals surface area contributed by atoms with Crippen LogP contribution >= 0.6 is 33.9 Å². The van der Waals surface area contributed by atoms with Crippen molar-refractivity contribution in [3.05, 3.63) is 39.8 Å². The number of nitrogens with zero attached hydrogens (tertiary/aromatic N) is 1. The van der Waals surface area contributed by atoms with Gasteiger partial charge in [-0.3, -0.25) is 4.79 Å². The molecule has 1 saturated heterocycles. The molecule has 3 heterocycles. The predicted octanol–water partition coefficient (Wildman–Crippen LogP) is 2.76. The summed E-state index contributed by atoms with van der Waals surface area (Å²) in [5.41, 5.74) is 2.17. The smallest absolute Gasteiger partial charge is 0.251 e. The number of H-pyrrole nitrogens is 1. The number of sulfonamides is 1. The van der Waals surface area contributed by atoms with Crippen molar-refractivity contribution >= 4 is 44.0 Å². The van der Waals surface area contributed by atoms with Gasteiger partial charge in [-0.05, 0) is 55.9 Å². The molecule has 0 radical (unpaired) electrons. The van der Waals surface area contributed by atoms with Gasteiger partial charge in [0, 0.05) is 41.3 Å². The van der Waals surface area contributed by atoms with Gasteiger partial charge in [-0.2, -0.15) is 0 Å². The molecule has 0 saturated carbocycles. The zero-order valence-corrected chi connectivity index (χ0v) is 21.4. The van der Waals surface area contributed by atoms with E-state index in [-0.39, 0.29) is 15.9 Å². The van der Waals surface area contributed by atoms with Gasteiger partial charge in [0.2, 0.25) is 10.0 Å². The first-order valence-corrected chi connectivity index (χ1v) is 14.4. The number of aliphatic hydroxyl groups excluding tert-OH is 1. The highest BCUT2D eigenvalue weighted by atomic mass is 127. The Morgan fingerprint density at radius 1 is 1.37 bits per heavy atom. The number of alkyl halides is 1. The quantitative estimate of drug-likeness (QED) is 0.259. The topological polar surface area (TPSA) is 102 Å². The first kappa shape index (κ1) is 25.5. The number of aromatic amines is 1. The van der Waals surface area contributed by atoms with Crippen molar-refractivity contribution in [3.63, 3.8) is 0 Å². The molecular weight excluding hydrogens is 537 g/mol. The molecule has 7 nitrogen and oxygen atoms in total. The van der Waals surface area contributed by atoms with Crippen LogP contribution in [0.2, 0.25) is 0 Å². The number of nitrogens with one attached hydrogen (secondary N) is 2. The summed E-state index contributed by atoms with van der Waals surface area (Å²) < 4.78 is 28.1. The highest BCUT2D eigenvalue weighted by Crippen LogP contribution is 2.32. The van der Waals surface area contributed by atoms with E-state index in [0.717, 1.165) is 35.6 Å². The van der Waals surface area contributed by atoms with Crippen molar-refractivity contribution in [1.82, 2.24) is 14.6 Å². The monoisotopic (exact) mass is 567 g/mol. The number of aliphatic hydroxyl groups is 1. The summed E-state index contributed by atoms with van der Waals surface area (Å²) in [6, 6.07) is 5.23. The second kappa shape index (κ2) is 11.7. The third-order valence-corrected chi connectivity index (χ3v) is 8.07. The van der Waals surface area contributed by atoms with Crippen LogP contribution in [0, 0.1) is 6.92 Å². The largest absolute Gasteiger partial charge is 0.392 e. The average molecular weight is 568 g/mol. The Labute approximate surface area is 196 Å². The van der Waals surface area contributed by atoms with Gasteiger partial charge in [0.05, 0.1) is 6.10 Å². The molecule has 1 aliphatic heterocycles. The Bertz CT molecular complexity index is 988. The molecule has 2 aromatic rings. The third kappa shape index (κ3) is 6.60. The Balaban J connectivity index is 0.00000155. The van der Waals surface area contributed by atoms with Crippen LogP contribution in [0.4, 0.5) is 0 Å². The standard InChI is InChI=1S/C19H27N3O4S2.CH3I/c1-3-14-11-16(13(2)21-19(14)24)17-5-6-18(27-17)28(25,26)20-8-4-9-22-10-7-15(23)12-22;1-2/h5-6,11,15,20,23H,3-4,7-10,12H2,1-2H3,(H,21,24);1H3. The molecule has 1 unspecified atom stereocenters. The SMILES string of the molecule is CCc1cc(-c2ccc(S(=O)(=O)NCCCN3CCC(O)C3)s2)c(C)[nH]c1=O.CI. The molecule has 10 heteroatoms. The molecule has 2 aromatic heterocycles. The highest BCUT2D eigenvalue weighted by Gasteiger charge is 2.21. The number of likely N-dealkylation sites (tertiary alicyclic amines) is 1. The summed E-state index contributed by atoms with van der Waals surface area (Å²) in [6.45, 7) is 6.39. The minimum absolute atomic E-state index is 0.0969. The fraction of sp³-hybridized carbons (Fsp3) is 0.550. The van der Waals surface area contributed by atoms with Crippen molar-refractivity contribution in [3.8, 4) is 10.4 Å². The van der Waals surface area contributed by atoms with Gasteiger partial charge in [-0.1, -0.05) is 29.5 Å². The molecule has 3 N–H and O–H groups in total. The lowest BCUT2D eigenvalue weighted by Crippen LogP contribution is -2.29. The second-order valence-electron chi connectivity index (χ2n) is 7.13. The molecular formula is C20H30IN3O4S2. The predicted molar refractivity (Wildman–Crippen MR) is 131 cm³/mol. The van der Waals surface area contributed by atoms with Crippen LogP contribution in [0.25, 0.3) is 10.4 Å². The van der Waals surface area contributed by atoms with Crippen molar-refractivity contribution in [2.75, 3.05) is 31.1 Å². The van der Waals surface area contributed by atoms with Crippen molar-refractivity contribution in [2.24, 2.45) is 0 Å². The van der Waals surface area contributed by atoms with Crippen molar-refractivity contribution in [2.45, 2.75) is 43.4 Å². The molecule has 0 spiro atoms. The van der Waals surface area contributed by atoms with Crippen LogP contribution in [0.1, 0.15) is 31.0 Å². The third-order valence-electron chi connectivity index (χ3n) is 5.00. The Kier molecular flexibility index (Phi) is 9.95. The van der Waals surface area contributed by atoms with Gasteiger partial charge in [0.15, 0.2) is 0 Å². The lowest BCUT2D eigenvalue weighted by Gasteiger charge is -2.14. The van der Waals surface area contributed by atoms with E-state index in [2.05, 4.69) is 37.2 Å². The summed E-state index contributed by atoms with van der Waals surface area (Å²) in [5.74, 6) is 0. The maximum Gasteiger partial charge on any atom is 0.251 e. The fourth-order valence-electron chi connectivity index (χ4n) is 3.39. The molecule has 30 heavy (non-hydrogen) atoms. The number of β-amino-alcohol motifs (C(OH)–C–C–N with tert-alkyl or cyclic N) is 1. The molecule has 0 aromatic carbocycles. The summed E-state index contributed by atoms with van der Waals surface area (Å²) in [5, 5.41) is 9.53. The van der Waals surface area contributed by atoms with Crippen LogP contribution in [0.5, 0.6) is 0 Å². The highest BCUT2D eigenvalue weighted by molar-refractivity contribution is 14.1. The zero-order chi connectivity index (χ0) is 22.3. The normalized spacial score (nSPS) is 17.0. The van der Waals surface area contributed by atoms with E-state index in [9.17, 15) is 18.3 Å². The van der Waals surface area contributed by atoms with E-state index in [4.69, 9.17) is 0 Å². The number of rotatable bonds is 8. The van der Waals surface area contributed by atoms with E-state index < -0.39 is 10.0 Å². The minimum Gasteiger partial charge on any atom is -0.392 e. The average Bonchev–Trinajstić information content (AvgIpc) is 3.37. The number of aromatic nitrogens is 1. The number of pyridine rings is 1. The molecule has 168 valence electrons. The first-order chi connectivity index (χ1) is 14.3. The lowest BCUT2D eigenvalue weighted by molar-refractivity contribution is 0.176. The van der Waals surface area contributed by atoms with E-state index in [1.807, 2.05) is 24.8 Å². The molecule has 1 fully saturated rings. The summed E-state index contributed by atoms with van der Waals surface area (Å²) >= 11 is 3.35. The Hall–Kier alpha value is -0.790. The van der Waals surface area contributed by atoms with Crippen LogP contribution < -0.4 is 10.3 Å². The molecule has 3 rings (SSSR count). The van der Waals surface area contributed by atoms with Crippen LogP contribution in [0.15, 0.2) is 27.2 Å². The zero-order valence-electron chi connectivity index (χ0n) is 17.6. The summed E-state index contributed by atoms with van der Waals surface area (Å²) in [4.78, 5) is 19.7. The molecule has 1 atom stereocenters. The van der Waals surface area contributed by atoms with Gasteiger partial charge in [-0.15, -0.1) is 11.3 Å². The van der Waals surface area contributed by atoms with Crippen molar-refractivity contribution < 1.29 is 13.5 Å². The summed E-state index contributed by atoms with van der Waals surface area (Å²) in [7, 11) is -3.56. The van der Waals surface area contributed by atoms with E-state index in [1.165, 1.54) is 11.3 Å². The van der Waals surface area contributed by atoms with Gasteiger partial charge >= 0.3 is 0 Å². The van der Waals surface area contributed by atoms with Gasteiger partial charge in [0.25, 0.3) is 5.56 Å². The number of halogens is 1. The van der Waals surface area contributed by atoms with Crippen LogP contribution in [0.3, 0.4) is 0 Å². The molecule has 1 aliphatic rings. The second-order valence-corrected chi connectivity index (χ2v) is 10.2. The summed E-state index contributed by atoms with van der Waals surface area (Å²) in [6.07, 6.45) is 1.84. The fourth-order valence-corrected chi connectivity index (χ4v) is 5.89. The maximum atomic E-state index is 12.6. The van der Waals surface area contributed by atoms with Gasteiger partial charge < -0.3 is 15.0 Å². The van der Waals surface area contributed by atoms with E-state index in [1.54, 1.807) is 12.1 Å². The van der Waals surface area contributed by atoms with Crippen LogP contribution in [-0.2, 0) is 16.4 Å². The number of hydrogen-bond acceptors (Lipinski definition) is 6. The maximum absolute atomic E-state index is 12.6. The lowest BCUT2D eigenvalue weighted by atomic mass is 10.1. The number of thiophene rings is 1. The van der Waals surface area contributed by atoms with Crippen molar-refractivity contribution in [1.29, 1.82) is 0 Å². The molecule has 0 amide bonds.